The van der Waals surface area contributed by atoms with Crippen molar-refractivity contribution in [2.24, 2.45) is 0 Å². The van der Waals surface area contributed by atoms with Gasteiger partial charge in [-0.1, -0.05) is 24.3 Å². The maximum atomic E-state index is 13.4. The summed E-state index contributed by atoms with van der Waals surface area (Å²) in [6.07, 6.45) is 5.44. The molecule has 0 spiro atoms. The first-order valence-corrected chi connectivity index (χ1v) is 11.0. The maximum Gasteiger partial charge on any atom is 0.318 e. The monoisotopic (exact) mass is 436 g/mol. The summed E-state index contributed by atoms with van der Waals surface area (Å²) in [5, 5.41) is 3.05. The lowest BCUT2D eigenvalue weighted by Gasteiger charge is -2.34. The molecule has 2 amide bonds. The van der Waals surface area contributed by atoms with Crippen molar-refractivity contribution >= 4 is 6.03 Å². The zero-order valence-corrected chi connectivity index (χ0v) is 18.5. The number of aromatic nitrogens is 2. The van der Waals surface area contributed by atoms with Crippen LogP contribution in [0.2, 0.25) is 0 Å². The van der Waals surface area contributed by atoms with E-state index in [1.807, 2.05) is 49.2 Å². The number of ether oxygens (including phenoxy) is 1. The average molecular weight is 437 g/mol. The second-order valence-electron chi connectivity index (χ2n) is 8.41. The molecule has 1 aliphatic rings. The predicted molar refractivity (Wildman–Crippen MR) is 121 cm³/mol. The van der Waals surface area contributed by atoms with Gasteiger partial charge in [0, 0.05) is 44.5 Å². The Bertz CT molecular complexity index is 1030. The number of fused-ring (bicyclic) bond motifs is 1. The molecule has 2 heterocycles. The summed E-state index contributed by atoms with van der Waals surface area (Å²) in [6.45, 7) is 5.63. The van der Waals surface area contributed by atoms with Crippen molar-refractivity contribution in [3.05, 3.63) is 83.7 Å². The van der Waals surface area contributed by atoms with E-state index in [1.54, 1.807) is 18.3 Å². The molecule has 3 aromatic rings. The van der Waals surface area contributed by atoms with Gasteiger partial charge in [0.1, 0.15) is 17.4 Å². The Hall–Kier alpha value is -3.35. The van der Waals surface area contributed by atoms with Crippen LogP contribution in [0, 0.1) is 5.82 Å². The highest BCUT2D eigenvalue weighted by Crippen LogP contribution is 2.21. The molecule has 0 unspecified atom stereocenters. The van der Waals surface area contributed by atoms with Gasteiger partial charge in [0.25, 0.3) is 0 Å². The number of benzene rings is 2. The fourth-order valence-corrected chi connectivity index (χ4v) is 3.99. The number of rotatable bonds is 7. The number of amides is 2. The SMILES string of the molecule is CC(C)Oc1ccc(CNC(=O)N(Cc2ccc(F)cc2)[C@@H]2CCn3ccnc3C2)cc1. The highest BCUT2D eigenvalue weighted by molar-refractivity contribution is 5.74. The van der Waals surface area contributed by atoms with E-state index in [0.29, 0.717) is 19.5 Å². The Morgan fingerprint density at radius 1 is 1.19 bits per heavy atom. The van der Waals surface area contributed by atoms with Crippen LogP contribution in [0.15, 0.2) is 60.9 Å². The zero-order chi connectivity index (χ0) is 22.5. The number of halogens is 1. The van der Waals surface area contributed by atoms with E-state index in [9.17, 15) is 9.18 Å². The number of carbonyl (C=O) groups excluding carboxylic acids is 1. The van der Waals surface area contributed by atoms with Crippen LogP contribution in [-0.2, 0) is 26.1 Å². The van der Waals surface area contributed by atoms with Gasteiger partial charge >= 0.3 is 6.03 Å². The topological polar surface area (TPSA) is 59.4 Å². The lowest BCUT2D eigenvalue weighted by atomic mass is 10.0. The van der Waals surface area contributed by atoms with Gasteiger partial charge in [0.05, 0.1) is 6.10 Å². The van der Waals surface area contributed by atoms with Gasteiger partial charge in [0.2, 0.25) is 0 Å². The minimum absolute atomic E-state index is 0.0248. The van der Waals surface area contributed by atoms with Crippen LogP contribution in [0.3, 0.4) is 0 Å². The number of nitrogens with zero attached hydrogens (tertiary/aromatic N) is 3. The third kappa shape index (κ3) is 5.46. The van der Waals surface area contributed by atoms with E-state index in [-0.39, 0.29) is 24.0 Å². The molecule has 0 saturated carbocycles. The molecule has 32 heavy (non-hydrogen) atoms. The van der Waals surface area contributed by atoms with Gasteiger partial charge in [-0.3, -0.25) is 0 Å². The molecule has 0 fully saturated rings. The van der Waals surface area contributed by atoms with Crippen LogP contribution in [0.25, 0.3) is 0 Å². The summed E-state index contributed by atoms with van der Waals surface area (Å²) in [6, 6.07) is 14.0. The van der Waals surface area contributed by atoms with Crippen LogP contribution in [0.5, 0.6) is 5.75 Å². The molecule has 1 N–H and O–H groups in total. The molecule has 0 radical (unpaired) electrons. The minimum Gasteiger partial charge on any atom is -0.491 e. The van der Waals surface area contributed by atoms with E-state index < -0.39 is 0 Å². The van der Waals surface area contributed by atoms with Crippen LogP contribution in [-0.4, -0.2) is 32.6 Å². The van der Waals surface area contributed by atoms with Crippen LogP contribution in [0.4, 0.5) is 9.18 Å². The molecule has 7 heteroatoms. The highest BCUT2D eigenvalue weighted by Gasteiger charge is 2.28. The Morgan fingerprint density at radius 3 is 2.62 bits per heavy atom. The van der Waals surface area contributed by atoms with E-state index in [1.165, 1.54) is 12.1 Å². The van der Waals surface area contributed by atoms with Crippen molar-refractivity contribution in [1.82, 2.24) is 19.8 Å². The third-order valence-corrected chi connectivity index (χ3v) is 5.63. The summed E-state index contributed by atoms with van der Waals surface area (Å²) in [7, 11) is 0. The molecule has 1 aromatic heterocycles. The number of aryl methyl sites for hydroxylation is 1. The maximum absolute atomic E-state index is 13.4. The largest absolute Gasteiger partial charge is 0.491 e. The first-order valence-electron chi connectivity index (χ1n) is 11.0. The summed E-state index contributed by atoms with van der Waals surface area (Å²) >= 11 is 0. The normalized spacial score (nSPS) is 15.3. The molecule has 2 aromatic carbocycles. The zero-order valence-electron chi connectivity index (χ0n) is 18.5. The van der Waals surface area contributed by atoms with Crippen molar-refractivity contribution in [3.8, 4) is 5.75 Å². The molecule has 0 saturated heterocycles. The van der Waals surface area contributed by atoms with Crippen LogP contribution in [0.1, 0.15) is 37.2 Å². The summed E-state index contributed by atoms with van der Waals surface area (Å²) < 4.78 is 21.2. The summed E-state index contributed by atoms with van der Waals surface area (Å²) in [5.74, 6) is 1.51. The standard InChI is InChI=1S/C25H29FN4O2/c1-18(2)32-23-9-5-19(6-10-23)16-28-25(31)30(17-20-3-7-21(26)8-4-20)22-11-13-29-14-12-27-24(29)15-22/h3-10,12,14,18,22H,11,13,15-17H2,1-2H3,(H,28,31)/t22-/m1/s1. The summed E-state index contributed by atoms with van der Waals surface area (Å²) in [4.78, 5) is 19.5. The lowest BCUT2D eigenvalue weighted by Crippen LogP contribution is -2.48. The molecule has 0 aliphatic carbocycles. The number of hydrogen-bond donors (Lipinski definition) is 1. The number of carbonyl (C=O) groups is 1. The molecule has 168 valence electrons. The van der Waals surface area contributed by atoms with Gasteiger partial charge < -0.3 is 19.5 Å². The van der Waals surface area contributed by atoms with Crippen molar-refractivity contribution in [2.45, 2.75) is 58.5 Å². The van der Waals surface area contributed by atoms with Gasteiger partial charge in [0.15, 0.2) is 0 Å². The molecule has 4 rings (SSSR count). The Morgan fingerprint density at radius 2 is 1.91 bits per heavy atom. The van der Waals surface area contributed by atoms with Crippen LogP contribution < -0.4 is 10.1 Å². The molecule has 1 atom stereocenters. The first kappa shape index (κ1) is 21.9. The van der Waals surface area contributed by atoms with E-state index in [2.05, 4.69) is 14.9 Å². The van der Waals surface area contributed by atoms with Gasteiger partial charge in [-0.15, -0.1) is 0 Å². The average Bonchev–Trinajstić information content (AvgIpc) is 3.25. The number of imidazole rings is 1. The molecule has 6 nitrogen and oxygen atoms in total. The van der Waals surface area contributed by atoms with Crippen molar-refractivity contribution in [3.63, 3.8) is 0 Å². The highest BCUT2D eigenvalue weighted by atomic mass is 19.1. The lowest BCUT2D eigenvalue weighted by molar-refractivity contribution is 0.156. The van der Waals surface area contributed by atoms with Crippen molar-refractivity contribution in [2.75, 3.05) is 0 Å². The van der Waals surface area contributed by atoms with Gasteiger partial charge in [-0.05, 0) is 55.7 Å². The smallest absolute Gasteiger partial charge is 0.318 e. The number of urea groups is 1. The summed E-state index contributed by atoms with van der Waals surface area (Å²) in [5.41, 5.74) is 1.89. The van der Waals surface area contributed by atoms with Crippen molar-refractivity contribution < 1.29 is 13.9 Å². The van der Waals surface area contributed by atoms with E-state index >= 15 is 0 Å². The fourth-order valence-electron chi connectivity index (χ4n) is 3.99. The number of hydrogen-bond acceptors (Lipinski definition) is 3. The third-order valence-electron chi connectivity index (χ3n) is 5.63. The molecule has 0 bridgehead atoms. The van der Waals surface area contributed by atoms with E-state index in [0.717, 1.165) is 35.7 Å². The van der Waals surface area contributed by atoms with E-state index in [4.69, 9.17) is 4.74 Å². The second kappa shape index (κ2) is 9.85. The molecule has 1 aliphatic heterocycles. The van der Waals surface area contributed by atoms with Crippen molar-refractivity contribution in [1.29, 1.82) is 0 Å². The van der Waals surface area contributed by atoms with Crippen LogP contribution >= 0.6 is 0 Å². The van der Waals surface area contributed by atoms with Gasteiger partial charge in [-0.25, -0.2) is 14.2 Å². The first-order chi connectivity index (χ1) is 15.5. The molecular weight excluding hydrogens is 407 g/mol. The minimum atomic E-state index is -0.283. The molecular formula is C25H29FN4O2. The predicted octanol–water partition coefficient (Wildman–Crippen LogP) is 4.54. The second-order valence-corrected chi connectivity index (χ2v) is 8.41. The Labute approximate surface area is 188 Å². The Balaban J connectivity index is 1.45. The Kier molecular flexibility index (Phi) is 6.73. The quantitative estimate of drug-likeness (QED) is 0.592. The number of nitrogens with one attached hydrogen (secondary N) is 1. The fraction of sp³-hybridized carbons (Fsp3) is 0.360. The van der Waals surface area contributed by atoms with Gasteiger partial charge in [-0.2, -0.15) is 0 Å².